The lowest BCUT2D eigenvalue weighted by Gasteiger charge is -2.30. The molecule has 0 saturated carbocycles. The summed E-state index contributed by atoms with van der Waals surface area (Å²) in [5, 5.41) is 3.50. The highest BCUT2D eigenvalue weighted by Gasteiger charge is 2.31. The number of nitrogens with zero attached hydrogens (tertiary/aromatic N) is 1. The number of piperidine rings is 1. The van der Waals surface area contributed by atoms with Crippen molar-refractivity contribution in [2.75, 3.05) is 37.3 Å². The topological polar surface area (TPSA) is 131 Å². The molecule has 1 amide bonds. The summed E-state index contributed by atoms with van der Waals surface area (Å²) in [4.78, 5) is 12.9. The van der Waals surface area contributed by atoms with Gasteiger partial charge in [0.05, 0.1) is 30.6 Å². The van der Waals surface area contributed by atoms with Gasteiger partial charge in [0, 0.05) is 40.8 Å². The lowest BCUT2D eigenvalue weighted by molar-refractivity contribution is -0.120. The number of carbonyl (C=O) groups is 1. The van der Waals surface area contributed by atoms with Crippen LogP contribution in [0.1, 0.15) is 18.4 Å². The molecule has 220 valence electrons. The van der Waals surface area contributed by atoms with Crippen molar-refractivity contribution in [3.8, 4) is 11.5 Å². The van der Waals surface area contributed by atoms with Crippen molar-refractivity contribution >= 4 is 60.5 Å². The third-order valence-corrected chi connectivity index (χ3v) is 10.5. The summed E-state index contributed by atoms with van der Waals surface area (Å²) in [7, 11) is -4.66. The van der Waals surface area contributed by atoms with E-state index >= 15 is 0 Å². The van der Waals surface area contributed by atoms with Crippen LogP contribution >= 0.6 is 23.2 Å². The van der Waals surface area contributed by atoms with Crippen molar-refractivity contribution in [3.63, 3.8) is 0 Å². The zero-order valence-corrected chi connectivity index (χ0v) is 25.4. The number of anilines is 2. The van der Waals surface area contributed by atoms with Gasteiger partial charge >= 0.3 is 0 Å². The van der Waals surface area contributed by atoms with E-state index in [1.807, 2.05) is 0 Å². The molecule has 0 spiro atoms. The van der Waals surface area contributed by atoms with Gasteiger partial charge in [-0.25, -0.2) is 21.1 Å². The highest BCUT2D eigenvalue weighted by Crippen LogP contribution is 2.31. The van der Waals surface area contributed by atoms with Crippen molar-refractivity contribution in [3.05, 3.63) is 76.3 Å². The number of methoxy groups -OCH3 is 2. The molecule has 0 atom stereocenters. The van der Waals surface area contributed by atoms with Crippen molar-refractivity contribution in [2.24, 2.45) is 5.92 Å². The maximum atomic E-state index is 12.9. The second kappa shape index (κ2) is 12.9. The van der Waals surface area contributed by atoms with Crippen LogP contribution in [0.25, 0.3) is 0 Å². The highest BCUT2D eigenvalue weighted by molar-refractivity contribution is 7.92. The molecule has 3 aromatic rings. The second-order valence-electron chi connectivity index (χ2n) is 9.35. The third kappa shape index (κ3) is 7.63. The first kappa shape index (κ1) is 30.9. The fourth-order valence-electron chi connectivity index (χ4n) is 4.37. The van der Waals surface area contributed by atoms with Crippen LogP contribution < -0.4 is 19.5 Å². The Labute approximate surface area is 249 Å². The van der Waals surface area contributed by atoms with Crippen LogP contribution in [0.15, 0.2) is 65.6 Å². The van der Waals surface area contributed by atoms with E-state index in [4.69, 9.17) is 32.7 Å². The zero-order chi connectivity index (χ0) is 29.8. The van der Waals surface area contributed by atoms with E-state index in [0.717, 1.165) is 0 Å². The smallest absolute Gasteiger partial charge is 0.262 e. The number of sulfonamides is 2. The van der Waals surface area contributed by atoms with Gasteiger partial charge in [-0.2, -0.15) is 0 Å². The van der Waals surface area contributed by atoms with Crippen molar-refractivity contribution in [1.29, 1.82) is 0 Å². The number of rotatable bonds is 10. The minimum Gasteiger partial charge on any atom is -0.497 e. The molecule has 41 heavy (non-hydrogen) atoms. The van der Waals surface area contributed by atoms with Gasteiger partial charge in [0.15, 0.2) is 0 Å². The molecule has 1 heterocycles. The average Bonchev–Trinajstić information content (AvgIpc) is 2.95. The van der Waals surface area contributed by atoms with Gasteiger partial charge < -0.3 is 14.8 Å². The summed E-state index contributed by atoms with van der Waals surface area (Å²) >= 11 is 12.0. The van der Waals surface area contributed by atoms with Crippen molar-refractivity contribution < 1.29 is 31.1 Å². The molecule has 1 saturated heterocycles. The number of halogens is 2. The fraction of sp³-hybridized carbons (Fsp3) is 0.296. The summed E-state index contributed by atoms with van der Waals surface area (Å²) in [6.45, 7) is 0.395. The predicted octanol–water partition coefficient (Wildman–Crippen LogP) is 4.99. The molecule has 3 aromatic carbocycles. The van der Waals surface area contributed by atoms with Gasteiger partial charge in [-0.3, -0.25) is 9.52 Å². The number of ether oxygens (including phenoxy) is 2. The Morgan fingerprint density at radius 3 is 2.22 bits per heavy atom. The Kier molecular flexibility index (Phi) is 9.70. The van der Waals surface area contributed by atoms with Crippen LogP contribution in [-0.4, -0.2) is 54.4 Å². The van der Waals surface area contributed by atoms with Gasteiger partial charge in [-0.15, -0.1) is 0 Å². The first-order valence-electron chi connectivity index (χ1n) is 12.5. The lowest BCUT2D eigenvalue weighted by atomic mass is 9.97. The number of hydrogen-bond acceptors (Lipinski definition) is 7. The largest absolute Gasteiger partial charge is 0.497 e. The minimum absolute atomic E-state index is 0.00678. The Bertz CT molecular complexity index is 1630. The normalized spacial score (nSPS) is 14.8. The molecule has 1 aliphatic heterocycles. The van der Waals surface area contributed by atoms with Crippen LogP contribution in [0.4, 0.5) is 11.4 Å². The summed E-state index contributed by atoms with van der Waals surface area (Å²) in [5.41, 5.74) is 1.12. The molecule has 0 aliphatic carbocycles. The second-order valence-corrected chi connectivity index (χ2v) is 13.8. The van der Waals surface area contributed by atoms with Crippen molar-refractivity contribution in [2.45, 2.75) is 23.5 Å². The first-order valence-corrected chi connectivity index (χ1v) is 16.3. The Morgan fingerprint density at radius 2 is 1.61 bits per heavy atom. The van der Waals surface area contributed by atoms with Gasteiger partial charge in [0.1, 0.15) is 11.5 Å². The Balaban J connectivity index is 1.33. The average molecular weight is 643 g/mol. The van der Waals surface area contributed by atoms with Crippen LogP contribution in [0, 0.1) is 5.92 Å². The van der Waals surface area contributed by atoms with Crippen LogP contribution in [0.2, 0.25) is 10.0 Å². The number of amides is 1. The predicted molar refractivity (Wildman–Crippen MR) is 159 cm³/mol. The Morgan fingerprint density at radius 1 is 0.927 bits per heavy atom. The standard InChI is InChI=1S/C27H29Cl2N3O7S2/c1-38-22-7-10-25(26(16-22)39-2)31-41(36,37)23-8-5-21(6-9-23)30-27(33)18-11-13-32(14-12-18)40(34,35)17-19-3-4-20(28)15-24(19)29/h3-10,15-16,18,31H,11-14,17H2,1-2H3,(H,30,33). The molecule has 0 radical (unpaired) electrons. The van der Waals surface area contributed by atoms with Crippen LogP contribution in [-0.2, 0) is 30.6 Å². The number of hydrogen-bond donors (Lipinski definition) is 2. The van der Waals surface area contributed by atoms with E-state index in [0.29, 0.717) is 40.6 Å². The summed E-state index contributed by atoms with van der Waals surface area (Å²) < 4.78 is 65.9. The molecular formula is C27H29Cl2N3O7S2. The molecule has 0 bridgehead atoms. The summed E-state index contributed by atoms with van der Waals surface area (Å²) in [6.07, 6.45) is 0.693. The summed E-state index contributed by atoms with van der Waals surface area (Å²) in [5.74, 6) is -0.105. The number of benzene rings is 3. The Hall–Kier alpha value is -3.03. The third-order valence-electron chi connectivity index (χ3n) is 6.66. The number of nitrogens with one attached hydrogen (secondary N) is 2. The molecule has 1 fully saturated rings. The number of carbonyl (C=O) groups excluding carboxylic acids is 1. The molecule has 1 aliphatic rings. The molecular weight excluding hydrogens is 613 g/mol. The maximum Gasteiger partial charge on any atom is 0.262 e. The molecule has 0 unspecified atom stereocenters. The van der Waals surface area contributed by atoms with E-state index in [9.17, 15) is 21.6 Å². The van der Waals surface area contributed by atoms with E-state index in [2.05, 4.69) is 10.0 Å². The van der Waals surface area contributed by atoms with E-state index in [1.54, 1.807) is 24.3 Å². The van der Waals surface area contributed by atoms with E-state index < -0.39 is 26.0 Å². The van der Waals surface area contributed by atoms with Gasteiger partial charge in [0.2, 0.25) is 15.9 Å². The lowest BCUT2D eigenvalue weighted by Crippen LogP contribution is -2.41. The molecule has 14 heteroatoms. The summed E-state index contributed by atoms with van der Waals surface area (Å²) in [6, 6.07) is 15.1. The van der Waals surface area contributed by atoms with E-state index in [-0.39, 0.29) is 40.4 Å². The monoisotopic (exact) mass is 641 g/mol. The zero-order valence-electron chi connectivity index (χ0n) is 22.3. The molecule has 2 N–H and O–H groups in total. The van der Waals surface area contributed by atoms with Crippen LogP contribution in [0.5, 0.6) is 11.5 Å². The van der Waals surface area contributed by atoms with Crippen LogP contribution in [0.3, 0.4) is 0 Å². The first-order chi connectivity index (χ1) is 19.4. The molecule has 4 rings (SSSR count). The molecule has 10 nitrogen and oxygen atoms in total. The maximum absolute atomic E-state index is 12.9. The van der Waals surface area contributed by atoms with Crippen molar-refractivity contribution in [1.82, 2.24) is 4.31 Å². The minimum atomic E-state index is -3.94. The van der Waals surface area contributed by atoms with Gasteiger partial charge in [-0.1, -0.05) is 29.3 Å². The molecule has 0 aromatic heterocycles. The van der Waals surface area contributed by atoms with Gasteiger partial charge in [0.25, 0.3) is 10.0 Å². The SMILES string of the molecule is COc1ccc(NS(=O)(=O)c2ccc(NC(=O)C3CCN(S(=O)(=O)Cc4ccc(Cl)cc4Cl)CC3)cc2)c(OC)c1. The highest BCUT2D eigenvalue weighted by atomic mass is 35.5. The quantitative estimate of drug-likeness (QED) is 0.319. The van der Waals surface area contributed by atoms with E-state index in [1.165, 1.54) is 54.9 Å². The van der Waals surface area contributed by atoms with Gasteiger partial charge in [-0.05, 0) is 66.9 Å². The fourth-order valence-corrected chi connectivity index (χ4v) is 7.59.